The molecule has 0 aliphatic carbocycles. The van der Waals surface area contributed by atoms with E-state index in [1.165, 1.54) is 6.92 Å². The van der Waals surface area contributed by atoms with Crippen molar-refractivity contribution in [3.05, 3.63) is 0 Å². The van der Waals surface area contributed by atoms with Gasteiger partial charge >= 0.3 is 0 Å². The molecule has 0 aliphatic rings. The molecule has 0 aromatic heterocycles. The quantitative estimate of drug-likeness (QED) is 0.499. The third-order valence-corrected chi connectivity index (χ3v) is 1.13. The molecular weight excluding hydrogens is 93.1 g/mol. The first-order valence-electron chi connectivity index (χ1n) is 2.42. The van der Waals surface area contributed by atoms with Crippen molar-refractivity contribution in [2.75, 3.05) is 0 Å². The molecule has 0 saturated carbocycles. The summed E-state index contributed by atoms with van der Waals surface area (Å²) < 4.78 is 12.3. The average Bonchev–Trinajstić information content (AvgIpc) is 1.31. The normalized spacial score (nSPS) is 19.7. The fraction of sp³-hybridized carbons (Fsp3) is 1.00. The standard InChI is InChI=1S/C5H12FN/c1-4(2)5(3,6)7/h4H,7H2,1-3H3/t5-/m0/s1. The van der Waals surface area contributed by atoms with Crippen LogP contribution < -0.4 is 5.73 Å². The Kier molecular flexibility index (Phi) is 1.75. The van der Waals surface area contributed by atoms with Crippen molar-refractivity contribution < 1.29 is 4.39 Å². The topological polar surface area (TPSA) is 26.0 Å². The van der Waals surface area contributed by atoms with Crippen LogP contribution in [0.2, 0.25) is 0 Å². The second-order valence-electron chi connectivity index (χ2n) is 2.31. The summed E-state index contributed by atoms with van der Waals surface area (Å²) in [7, 11) is 0. The molecule has 0 saturated heterocycles. The van der Waals surface area contributed by atoms with E-state index in [-0.39, 0.29) is 5.92 Å². The highest BCUT2D eigenvalue weighted by molar-refractivity contribution is 4.66. The van der Waals surface area contributed by atoms with Gasteiger partial charge in [0.25, 0.3) is 0 Å². The molecule has 1 atom stereocenters. The van der Waals surface area contributed by atoms with Gasteiger partial charge in [-0.3, -0.25) is 5.73 Å². The van der Waals surface area contributed by atoms with Gasteiger partial charge in [0, 0.05) is 5.92 Å². The minimum absolute atomic E-state index is 0.0903. The number of hydrogen-bond donors (Lipinski definition) is 1. The Bertz CT molecular complexity index is 53.6. The lowest BCUT2D eigenvalue weighted by molar-refractivity contribution is 0.132. The molecule has 0 bridgehead atoms. The monoisotopic (exact) mass is 105 g/mol. The zero-order chi connectivity index (χ0) is 6.08. The lowest BCUT2D eigenvalue weighted by Crippen LogP contribution is -2.35. The van der Waals surface area contributed by atoms with Gasteiger partial charge in [0.05, 0.1) is 0 Å². The van der Waals surface area contributed by atoms with Crippen LogP contribution in [-0.2, 0) is 0 Å². The summed E-state index contributed by atoms with van der Waals surface area (Å²) in [6.07, 6.45) is 0. The predicted molar refractivity (Wildman–Crippen MR) is 28.5 cm³/mol. The third kappa shape index (κ3) is 2.57. The van der Waals surface area contributed by atoms with E-state index in [0.717, 1.165) is 0 Å². The van der Waals surface area contributed by atoms with Crippen molar-refractivity contribution in [2.45, 2.75) is 26.6 Å². The van der Waals surface area contributed by atoms with E-state index >= 15 is 0 Å². The van der Waals surface area contributed by atoms with Crippen molar-refractivity contribution in [1.29, 1.82) is 0 Å². The van der Waals surface area contributed by atoms with E-state index in [9.17, 15) is 4.39 Å². The van der Waals surface area contributed by atoms with Crippen LogP contribution in [0.5, 0.6) is 0 Å². The number of hydrogen-bond acceptors (Lipinski definition) is 1. The molecule has 0 unspecified atom stereocenters. The van der Waals surface area contributed by atoms with E-state index in [0.29, 0.717) is 0 Å². The van der Waals surface area contributed by atoms with Crippen molar-refractivity contribution in [3.63, 3.8) is 0 Å². The molecule has 0 aromatic carbocycles. The smallest absolute Gasteiger partial charge is 0.158 e. The minimum atomic E-state index is -1.50. The van der Waals surface area contributed by atoms with Crippen LogP contribution in [-0.4, -0.2) is 5.79 Å². The fourth-order valence-corrected chi connectivity index (χ4v) is 0. The Morgan fingerprint density at radius 3 is 1.71 bits per heavy atom. The Morgan fingerprint density at radius 1 is 1.57 bits per heavy atom. The van der Waals surface area contributed by atoms with Crippen molar-refractivity contribution in [3.8, 4) is 0 Å². The number of halogens is 1. The Labute approximate surface area is 43.7 Å². The van der Waals surface area contributed by atoms with Gasteiger partial charge in [0.1, 0.15) is 0 Å². The van der Waals surface area contributed by atoms with Crippen molar-refractivity contribution in [1.82, 2.24) is 0 Å². The fourth-order valence-electron chi connectivity index (χ4n) is 0. The minimum Gasteiger partial charge on any atom is -0.299 e. The van der Waals surface area contributed by atoms with Crippen LogP contribution in [0.1, 0.15) is 20.8 Å². The molecule has 2 N–H and O–H groups in total. The van der Waals surface area contributed by atoms with Crippen LogP contribution in [0.25, 0.3) is 0 Å². The molecule has 44 valence electrons. The second-order valence-corrected chi connectivity index (χ2v) is 2.31. The van der Waals surface area contributed by atoms with E-state index in [4.69, 9.17) is 5.73 Å². The van der Waals surface area contributed by atoms with Crippen molar-refractivity contribution in [2.24, 2.45) is 11.7 Å². The largest absolute Gasteiger partial charge is 0.299 e. The number of rotatable bonds is 1. The summed E-state index contributed by atoms with van der Waals surface area (Å²) in [6, 6.07) is 0. The molecule has 0 fully saturated rings. The highest BCUT2D eigenvalue weighted by Gasteiger charge is 2.20. The first-order valence-corrected chi connectivity index (χ1v) is 2.42. The van der Waals surface area contributed by atoms with Gasteiger partial charge in [0.2, 0.25) is 0 Å². The molecule has 2 heteroatoms. The first kappa shape index (κ1) is 6.89. The summed E-state index contributed by atoms with van der Waals surface area (Å²) in [4.78, 5) is 0. The van der Waals surface area contributed by atoms with Gasteiger partial charge in [-0.05, 0) is 6.92 Å². The molecular formula is C5H12FN. The van der Waals surface area contributed by atoms with Crippen molar-refractivity contribution >= 4 is 0 Å². The highest BCUT2D eigenvalue weighted by Crippen LogP contribution is 2.12. The summed E-state index contributed by atoms with van der Waals surface area (Å²) in [6.45, 7) is 4.87. The van der Waals surface area contributed by atoms with Crippen LogP contribution in [0.4, 0.5) is 4.39 Å². The lowest BCUT2D eigenvalue weighted by atomic mass is 10.1. The number of alkyl halides is 1. The van der Waals surface area contributed by atoms with E-state index in [1.54, 1.807) is 13.8 Å². The highest BCUT2D eigenvalue weighted by atomic mass is 19.1. The maximum absolute atomic E-state index is 12.3. The maximum atomic E-state index is 12.3. The Morgan fingerprint density at radius 2 is 1.71 bits per heavy atom. The molecule has 0 spiro atoms. The van der Waals surface area contributed by atoms with Gasteiger partial charge < -0.3 is 0 Å². The van der Waals surface area contributed by atoms with Crippen LogP contribution in [0.3, 0.4) is 0 Å². The molecule has 0 rings (SSSR count). The van der Waals surface area contributed by atoms with Gasteiger partial charge in [-0.15, -0.1) is 0 Å². The van der Waals surface area contributed by atoms with Crippen LogP contribution in [0.15, 0.2) is 0 Å². The summed E-state index contributed by atoms with van der Waals surface area (Å²) in [5, 5.41) is 0. The third-order valence-electron chi connectivity index (χ3n) is 1.13. The van der Waals surface area contributed by atoms with Gasteiger partial charge in [-0.2, -0.15) is 0 Å². The Hall–Kier alpha value is -0.110. The molecule has 0 aliphatic heterocycles. The predicted octanol–water partition coefficient (Wildman–Crippen LogP) is 1.29. The molecule has 0 amide bonds. The van der Waals surface area contributed by atoms with E-state index < -0.39 is 5.79 Å². The van der Waals surface area contributed by atoms with Gasteiger partial charge in [-0.25, -0.2) is 4.39 Å². The van der Waals surface area contributed by atoms with Crippen LogP contribution >= 0.6 is 0 Å². The maximum Gasteiger partial charge on any atom is 0.158 e. The zero-order valence-electron chi connectivity index (χ0n) is 5.03. The molecule has 7 heavy (non-hydrogen) atoms. The summed E-state index contributed by atoms with van der Waals surface area (Å²) >= 11 is 0. The molecule has 1 nitrogen and oxygen atoms in total. The SMILES string of the molecule is CC(C)[C@](C)(N)F. The average molecular weight is 105 g/mol. The van der Waals surface area contributed by atoms with Gasteiger partial charge in [0.15, 0.2) is 5.79 Å². The summed E-state index contributed by atoms with van der Waals surface area (Å²) in [5.74, 6) is -1.59. The Balaban J connectivity index is 3.54. The molecule has 0 radical (unpaired) electrons. The van der Waals surface area contributed by atoms with Crippen LogP contribution in [0, 0.1) is 5.92 Å². The molecule has 0 aromatic rings. The van der Waals surface area contributed by atoms with E-state index in [2.05, 4.69) is 0 Å². The van der Waals surface area contributed by atoms with E-state index in [1.807, 2.05) is 0 Å². The second kappa shape index (κ2) is 1.78. The van der Waals surface area contributed by atoms with Gasteiger partial charge in [-0.1, -0.05) is 13.8 Å². The first-order chi connectivity index (χ1) is 2.94. The zero-order valence-corrected chi connectivity index (χ0v) is 5.03. The summed E-state index contributed by atoms with van der Waals surface area (Å²) in [5.41, 5.74) is 5.01. The molecule has 0 heterocycles. The number of nitrogens with two attached hydrogens (primary N) is 1. The lowest BCUT2D eigenvalue weighted by Gasteiger charge is -2.17.